The standard InChI is InChI=1S/C40H51FN6O5.C17H23FN2O3.C2H6.H2S/c41-35-11-10-29(25-36-32-8-4-5-9-33(32)39(50)43-42-36)24-34(35)40(51)47-22-20-46(21-23-47)38(49)27-44-16-12-30(13-17-44)52-31-14-18-45(19-15-31)37(48)26-28-6-2-1-3-7-28;1-17(2,3)23-16(22)20-8-6-11(7-9-20)12-4-5-13(15(19)21)14(18)10-12;1-2;/h4-5,8-11,24,28,30-31H,1-3,6-7,12-23,25-27H2,(H,43,50);4-5,10-11H,6-9H2,1-3H3,(H2,19,21);1-2H3;1H2. The number of aromatic amines is 1. The maximum Gasteiger partial charge on any atom is 0.410 e. The molecule has 5 amide bonds. The first-order valence-corrected chi connectivity index (χ1v) is 28.0. The lowest BCUT2D eigenvalue weighted by atomic mass is 9.86. The Morgan fingerprint density at radius 1 is 0.667 bits per heavy atom. The maximum absolute atomic E-state index is 15.0. The smallest absolute Gasteiger partial charge is 0.410 e. The molecule has 5 aliphatic rings. The van der Waals surface area contributed by atoms with Gasteiger partial charge >= 0.3 is 6.09 Å². The Labute approximate surface area is 465 Å². The Balaban J connectivity index is 0.000000318. The monoisotopic (exact) mass is 1100 g/mol. The lowest BCUT2D eigenvalue weighted by molar-refractivity contribution is -0.138. The number of amides is 5. The van der Waals surface area contributed by atoms with E-state index in [0.717, 1.165) is 70.3 Å². The molecule has 1 saturated carbocycles. The molecule has 3 N–H and O–H groups in total. The van der Waals surface area contributed by atoms with Crippen LogP contribution >= 0.6 is 13.5 Å². The molecule has 0 unspecified atom stereocenters. The van der Waals surface area contributed by atoms with Crippen LogP contribution < -0.4 is 11.3 Å². The second-order valence-electron chi connectivity index (χ2n) is 22.0. The quantitative estimate of drug-likeness (QED) is 0.147. The molecule has 4 aromatic rings. The van der Waals surface area contributed by atoms with Gasteiger partial charge in [0.05, 0.1) is 41.0 Å². The van der Waals surface area contributed by atoms with Gasteiger partial charge in [-0.15, -0.1) is 0 Å². The molecule has 1 aliphatic carbocycles. The van der Waals surface area contributed by atoms with Crippen LogP contribution in [-0.4, -0.2) is 154 Å². The van der Waals surface area contributed by atoms with Crippen LogP contribution in [-0.2, 0) is 25.5 Å². The summed E-state index contributed by atoms with van der Waals surface area (Å²) in [6, 6.07) is 16.2. The molecular formula is C59H82F2N8O8S. The second kappa shape index (κ2) is 28.8. The number of hydrogen-bond donors (Lipinski definition) is 2. The van der Waals surface area contributed by atoms with Gasteiger partial charge in [0.1, 0.15) is 17.2 Å². The van der Waals surface area contributed by atoms with Crippen molar-refractivity contribution in [2.45, 2.75) is 142 Å². The van der Waals surface area contributed by atoms with E-state index in [1.807, 2.05) is 51.7 Å². The maximum atomic E-state index is 15.0. The Bertz CT molecular complexity index is 2720. The predicted octanol–water partition coefficient (Wildman–Crippen LogP) is 8.56. The van der Waals surface area contributed by atoms with Crippen LogP contribution in [0.1, 0.15) is 155 Å². The summed E-state index contributed by atoms with van der Waals surface area (Å²) in [7, 11) is 0. The van der Waals surface area contributed by atoms with E-state index in [0.29, 0.717) is 92.5 Å². The molecule has 0 atom stereocenters. The van der Waals surface area contributed by atoms with Crippen LogP contribution in [0.4, 0.5) is 13.6 Å². The minimum absolute atomic E-state index is 0. The number of nitrogens with two attached hydrogens (primary N) is 1. The number of hydrogen-bond acceptors (Lipinski definition) is 10. The first-order valence-electron chi connectivity index (χ1n) is 28.0. The molecule has 16 nitrogen and oxygen atoms in total. The molecule has 4 aliphatic heterocycles. The third kappa shape index (κ3) is 16.8. The van der Waals surface area contributed by atoms with Crippen molar-refractivity contribution in [3.8, 4) is 0 Å². The number of piperazine rings is 1. The zero-order chi connectivity index (χ0) is 55.2. The van der Waals surface area contributed by atoms with Crippen LogP contribution in [0, 0.1) is 17.6 Å². The van der Waals surface area contributed by atoms with Crippen molar-refractivity contribution in [3.63, 3.8) is 0 Å². The number of fused-ring (bicyclic) bond motifs is 1. The van der Waals surface area contributed by atoms with Crippen LogP contribution in [0.25, 0.3) is 10.8 Å². The summed E-state index contributed by atoms with van der Waals surface area (Å²) in [4.78, 5) is 84.1. The van der Waals surface area contributed by atoms with Crippen molar-refractivity contribution < 1.29 is 42.2 Å². The van der Waals surface area contributed by atoms with Crippen molar-refractivity contribution in [2.24, 2.45) is 11.7 Å². The summed E-state index contributed by atoms with van der Waals surface area (Å²) < 4.78 is 40.7. The van der Waals surface area contributed by atoms with Gasteiger partial charge in [-0.25, -0.2) is 18.7 Å². The number of ether oxygens (including phenoxy) is 2. The fourth-order valence-electron chi connectivity index (χ4n) is 11.2. The zero-order valence-electron chi connectivity index (χ0n) is 46.3. The Hall–Kier alpha value is -5.92. The molecular weight excluding hydrogens is 1020 g/mol. The topological polar surface area (TPSA) is 192 Å². The lowest BCUT2D eigenvalue weighted by Crippen LogP contribution is -2.53. The van der Waals surface area contributed by atoms with Gasteiger partial charge in [-0.3, -0.25) is 28.9 Å². The average Bonchev–Trinajstić information content (AvgIpc) is 3.47. The number of carbonyl (C=O) groups excluding carboxylic acids is 5. The Morgan fingerprint density at radius 3 is 1.87 bits per heavy atom. The fraction of sp³-hybridized carbons (Fsp3) is 0.576. The van der Waals surface area contributed by atoms with Gasteiger partial charge in [-0.2, -0.15) is 18.6 Å². The fourth-order valence-corrected chi connectivity index (χ4v) is 11.2. The third-order valence-electron chi connectivity index (χ3n) is 15.5. The highest BCUT2D eigenvalue weighted by molar-refractivity contribution is 7.59. The van der Waals surface area contributed by atoms with E-state index in [1.165, 1.54) is 50.3 Å². The van der Waals surface area contributed by atoms with E-state index in [1.54, 1.807) is 45.0 Å². The first-order chi connectivity index (χ1) is 37.0. The van der Waals surface area contributed by atoms with E-state index >= 15 is 0 Å². The van der Waals surface area contributed by atoms with Gasteiger partial charge in [-0.05, 0) is 125 Å². The van der Waals surface area contributed by atoms with Crippen molar-refractivity contribution >= 4 is 54.0 Å². The summed E-state index contributed by atoms with van der Waals surface area (Å²) >= 11 is 0. The average molecular weight is 1100 g/mol. The van der Waals surface area contributed by atoms with Crippen LogP contribution in [0.5, 0.6) is 0 Å². The molecule has 0 bridgehead atoms. The molecule has 426 valence electrons. The summed E-state index contributed by atoms with van der Waals surface area (Å²) in [5, 5.41) is 7.99. The molecule has 0 radical (unpaired) electrons. The third-order valence-corrected chi connectivity index (χ3v) is 15.5. The molecule has 1 aromatic heterocycles. The van der Waals surface area contributed by atoms with Crippen molar-refractivity contribution in [1.29, 1.82) is 0 Å². The van der Waals surface area contributed by atoms with Gasteiger partial charge in [0.15, 0.2) is 0 Å². The second-order valence-corrected chi connectivity index (χ2v) is 22.0. The minimum atomic E-state index is -0.770. The lowest BCUT2D eigenvalue weighted by Gasteiger charge is -2.38. The van der Waals surface area contributed by atoms with Crippen LogP contribution in [0.2, 0.25) is 0 Å². The van der Waals surface area contributed by atoms with E-state index in [2.05, 4.69) is 15.1 Å². The Kier molecular flexibility index (Phi) is 22.6. The van der Waals surface area contributed by atoms with Gasteiger partial charge < -0.3 is 34.8 Å². The highest BCUT2D eigenvalue weighted by Crippen LogP contribution is 2.31. The first kappa shape index (κ1) is 61.3. The SMILES string of the molecule is CC.CC(C)(C)OC(=O)N1CCC(c2ccc(C(N)=O)c(F)c2)CC1.O=C(CC1CCCCC1)N1CCC(OC2CCN(CC(=O)N3CCN(C(=O)c4cc(Cc5n[nH]c(=O)c6ccccc56)ccc4F)CC3)CC2)CC1.S. The van der Waals surface area contributed by atoms with Gasteiger partial charge in [0.25, 0.3) is 17.4 Å². The number of H-pyrrole nitrogens is 1. The summed E-state index contributed by atoms with van der Waals surface area (Å²) in [5.41, 5.74) is 6.39. The van der Waals surface area contributed by atoms with Crippen LogP contribution in [0.3, 0.4) is 0 Å². The number of piperidine rings is 3. The zero-order valence-corrected chi connectivity index (χ0v) is 47.3. The number of likely N-dealkylation sites (tertiary alicyclic amines) is 3. The number of aromatic nitrogens is 2. The minimum Gasteiger partial charge on any atom is -0.444 e. The van der Waals surface area contributed by atoms with Crippen molar-refractivity contribution in [2.75, 3.05) is 72.0 Å². The molecule has 9 rings (SSSR count). The van der Waals surface area contributed by atoms with Crippen molar-refractivity contribution in [3.05, 3.63) is 111 Å². The number of nitrogens with one attached hydrogen (secondary N) is 1. The normalized spacial score (nSPS) is 18.2. The summed E-state index contributed by atoms with van der Waals surface area (Å²) in [5.74, 6) is -1.26. The summed E-state index contributed by atoms with van der Waals surface area (Å²) in [6.07, 6.45) is 12.4. The van der Waals surface area contributed by atoms with E-state index < -0.39 is 29.0 Å². The van der Waals surface area contributed by atoms with Gasteiger partial charge in [-0.1, -0.05) is 63.4 Å². The van der Waals surface area contributed by atoms with E-state index in [-0.39, 0.29) is 60.3 Å². The number of halogens is 2. The number of carbonyl (C=O) groups is 5. The number of nitrogens with zero attached hydrogens (tertiary/aromatic N) is 6. The van der Waals surface area contributed by atoms with Crippen LogP contribution in [0.15, 0.2) is 65.5 Å². The molecule has 4 saturated heterocycles. The molecule has 5 heterocycles. The van der Waals surface area contributed by atoms with Crippen molar-refractivity contribution in [1.82, 2.24) is 34.7 Å². The number of primary amides is 1. The highest BCUT2D eigenvalue weighted by atomic mass is 32.1. The molecule has 0 spiro atoms. The molecule has 3 aromatic carbocycles. The number of benzene rings is 3. The predicted molar refractivity (Wildman–Crippen MR) is 302 cm³/mol. The van der Waals surface area contributed by atoms with Gasteiger partial charge in [0.2, 0.25) is 11.8 Å². The largest absolute Gasteiger partial charge is 0.444 e. The Morgan fingerprint density at radius 2 is 1.26 bits per heavy atom. The molecule has 78 heavy (non-hydrogen) atoms. The van der Waals surface area contributed by atoms with E-state index in [4.69, 9.17) is 15.2 Å². The summed E-state index contributed by atoms with van der Waals surface area (Å²) in [6.45, 7) is 15.6. The van der Waals surface area contributed by atoms with Gasteiger partial charge in [0, 0.05) is 83.7 Å². The molecule has 19 heteroatoms. The molecule has 5 fully saturated rings. The van der Waals surface area contributed by atoms with E-state index in [9.17, 15) is 37.5 Å². The number of rotatable bonds is 11. The highest BCUT2D eigenvalue weighted by Gasteiger charge is 2.32.